The van der Waals surface area contributed by atoms with Gasteiger partial charge in [-0.05, 0) is 36.2 Å². The molecule has 4 aromatic rings. The second kappa shape index (κ2) is 9.64. The van der Waals surface area contributed by atoms with Gasteiger partial charge in [-0.1, -0.05) is 48.5 Å². The Labute approximate surface area is 187 Å². The number of carbonyl (C=O) groups excluding carboxylic acids is 1. The first-order chi connectivity index (χ1) is 15.9. The molecule has 9 heteroatoms. The zero-order valence-corrected chi connectivity index (χ0v) is 17.4. The number of hydrogen-bond donors (Lipinski definition) is 3. The molecule has 0 saturated carbocycles. The van der Waals surface area contributed by atoms with Gasteiger partial charge in [0.25, 0.3) is 0 Å². The van der Waals surface area contributed by atoms with Gasteiger partial charge in [-0.25, -0.2) is 4.79 Å². The van der Waals surface area contributed by atoms with Crippen LogP contribution in [0.4, 0.5) is 23.8 Å². The van der Waals surface area contributed by atoms with Crippen LogP contribution in [0.1, 0.15) is 16.7 Å². The lowest BCUT2D eigenvalue weighted by Crippen LogP contribution is -2.30. The van der Waals surface area contributed by atoms with E-state index >= 15 is 0 Å². The standard InChI is InChI=1S/C24H21F3N4O2/c25-24(26,27)20-9-5-4-8-17(20)15-33-18-10-11-21-19(14-18)22(31-30-21)29-23(32)28-13-12-16-6-2-1-3-7-16/h1-11,14H,12-13,15H2,(H3,28,29,30,31,32). The Kier molecular flexibility index (Phi) is 6.48. The molecule has 0 saturated heterocycles. The molecule has 0 bridgehead atoms. The highest BCUT2D eigenvalue weighted by Crippen LogP contribution is 2.33. The van der Waals surface area contributed by atoms with Crippen LogP contribution in [0.2, 0.25) is 0 Å². The van der Waals surface area contributed by atoms with Crippen LogP contribution in [0, 0.1) is 0 Å². The van der Waals surface area contributed by atoms with Gasteiger partial charge in [-0.2, -0.15) is 18.3 Å². The molecule has 1 aromatic heterocycles. The molecule has 0 aliphatic heterocycles. The Morgan fingerprint density at radius 2 is 1.76 bits per heavy atom. The molecular formula is C24H21F3N4O2. The van der Waals surface area contributed by atoms with Crippen molar-refractivity contribution < 1.29 is 22.7 Å². The SMILES string of the molecule is O=C(NCCc1ccccc1)Nc1n[nH]c2ccc(OCc3ccccc3C(F)(F)F)cc12. The molecule has 3 N–H and O–H groups in total. The number of benzene rings is 3. The van der Waals surface area contributed by atoms with E-state index in [1.807, 2.05) is 30.3 Å². The fourth-order valence-electron chi connectivity index (χ4n) is 3.38. The van der Waals surface area contributed by atoms with Gasteiger partial charge in [0, 0.05) is 17.5 Å². The molecule has 0 atom stereocenters. The van der Waals surface area contributed by atoms with Gasteiger partial charge in [0.05, 0.1) is 11.1 Å². The minimum Gasteiger partial charge on any atom is -0.489 e. The number of carbonyl (C=O) groups is 1. The summed E-state index contributed by atoms with van der Waals surface area (Å²) in [4.78, 5) is 12.3. The first-order valence-corrected chi connectivity index (χ1v) is 10.2. The Bertz CT molecular complexity index is 1240. The largest absolute Gasteiger partial charge is 0.489 e. The van der Waals surface area contributed by atoms with Gasteiger partial charge in [0.15, 0.2) is 5.82 Å². The molecule has 0 aliphatic carbocycles. The maximum atomic E-state index is 13.2. The van der Waals surface area contributed by atoms with E-state index in [4.69, 9.17) is 4.74 Å². The van der Waals surface area contributed by atoms with E-state index < -0.39 is 17.8 Å². The average molecular weight is 454 g/mol. The molecule has 0 spiro atoms. The van der Waals surface area contributed by atoms with Crippen molar-refractivity contribution in [3.8, 4) is 5.75 Å². The number of aromatic nitrogens is 2. The van der Waals surface area contributed by atoms with Gasteiger partial charge in [0.2, 0.25) is 0 Å². The van der Waals surface area contributed by atoms with Crippen molar-refractivity contribution in [2.75, 3.05) is 11.9 Å². The molecular weight excluding hydrogens is 433 g/mol. The van der Waals surface area contributed by atoms with E-state index in [1.165, 1.54) is 18.2 Å². The molecule has 2 amide bonds. The third kappa shape index (κ3) is 5.62. The van der Waals surface area contributed by atoms with Crippen molar-refractivity contribution in [2.45, 2.75) is 19.2 Å². The summed E-state index contributed by atoms with van der Waals surface area (Å²) in [5.74, 6) is 0.650. The lowest BCUT2D eigenvalue weighted by Gasteiger charge is -2.13. The number of H-pyrrole nitrogens is 1. The van der Waals surface area contributed by atoms with Crippen LogP contribution in [0.5, 0.6) is 5.75 Å². The van der Waals surface area contributed by atoms with E-state index in [0.717, 1.165) is 11.6 Å². The quantitative estimate of drug-likeness (QED) is 0.344. The highest BCUT2D eigenvalue weighted by Gasteiger charge is 2.33. The summed E-state index contributed by atoms with van der Waals surface area (Å²) in [7, 11) is 0. The highest BCUT2D eigenvalue weighted by atomic mass is 19.4. The summed E-state index contributed by atoms with van der Waals surface area (Å²) in [5.41, 5.74) is 1.06. The van der Waals surface area contributed by atoms with E-state index in [2.05, 4.69) is 20.8 Å². The lowest BCUT2D eigenvalue weighted by atomic mass is 10.1. The monoisotopic (exact) mass is 454 g/mol. The van der Waals surface area contributed by atoms with Gasteiger partial charge >= 0.3 is 12.2 Å². The van der Waals surface area contributed by atoms with E-state index in [0.29, 0.717) is 35.4 Å². The van der Waals surface area contributed by atoms with Crippen molar-refractivity contribution in [3.05, 3.63) is 89.5 Å². The van der Waals surface area contributed by atoms with E-state index in [-0.39, 0.29) is 12.2 Å². The second-order valence-electron chi connectivity index (χ2n) is 7.34. The Hall–Kier alpha value is -4.01. The second-order valence-corrected chi connectivity index (χ2v) is 7.34. The third-order valence-electron chi connectivity index (χ3n) is 5.03. The molecule has 4 rings (SSSR count). The van der Waals surface area contributed by atoms with Crippen LogP contribution < -0.4 is 15.4 Å². The fourth-order valence-corrected chi connectivity index (χ4v) is 3.38. The molecule has 3 aromatic carbocycles. The average Bonchev–Trinajstić information content (AvgIpc) is 3.20. The van der Waals surface area contributed by atoms with Crippen LogP contribution >= 0.6 is 0 Å². The number of aromatic amines is 1. The van der Waals surface area contributed by atoms with E-state index in [1.54, 1.807) is 18.2 Å². The molecule has 0 aliphatic rings. The van der Waals surface area contributed by atoms with Crippen LogP contribution in [-0.4, -0.2) is 22.8 Å². The third-order valence-corrected chi connectivity index (χ3v) is 5.03. The number of rotatable bonds is 7. The zero-order valence-electron chi connectivity index (χ0n) is 17.4. The van der Waals surface area contributed by atoms with E-state index in [9.17, 15) is 18.0 Å². The predicted octanol–water partition coefficient (Wildman–Crippen LogP) is 5.52. The number of anilines is 1. The highest BCUT2D eigenvalue weighted by molar-refractivity contribution is 5.99. The molecule has 0 unspecified atom stereocenters. The number of nitrogens with one attached hydrogen (secondary N) is 3. The maximum absolute atomic E-state index is 13.2. The summed E-state index contributed by atoms with van der Waals surface area (Å²) in [6, 6.07) is 19.6. The zero-order chi connectivity index (χ0) is 23.3. The minimum absolute atomic E-state index is 0.0356. The Balaban J connectivity index is 1.40. The van der Waals surface area contributed by atoms with Crippen LogP contribution in [0.25, 0.3) is 10.9 Å². The number of halogens is 3. The topological polar surface area (TPSA) is 79.0 Å². The van der Waals surface area contributed by atoms with Gasteiger partial charge in [-0.3, -0.25) is 10.4 Å². The first-order valence-electron chi connectivity index (χ1n) is 10.2. The first kappa shape index (κ1) is 22.2. The van der Waals surface area contributed by atoms with Crippen LogP contribution in [0.15, 0.2) is 72.8 Å². The number of nitrogens with zero attached hydrogens (tertiary/aromatic N) is 1. The molecule has 33 heavy (non-hydrogen) atoms. The summed E-state index contributed by atoms with van der Waals surface area (Å²) >= 11 is 0. The van der Waals surface area contributed by atoms with Crippen LogP contribution in [0.3, 0.4) is 0 Å². The normalized spacial score (nSPS) is 11.4. The van der Waals surface area contributed by atoms with Gasteiger partial charge < -0.3 is 10.1 Å². The van der Waals surface area contributed by atoms with Gasteiger partial charge in [-0.15, -0.1) is 0 Å². The number of alkyl halides is 3. The minimum atomic E-state index is -4.46. The summed E-state index contributed by atoms with van der Waals surface area (Å²) in [6.07, 6.45) is -3.77. The van der Waals surface area contributed by atoms with Crippen molar-refractivity contribution in [2.24, 2.45) is 0 Å². The Morgan fingerprint density at radius 1 is 1.00 bits per heavy atom. The number of ether oxygens (including phenoxy) is 1. The molecule has 1 heterocycles. The van der Waals surface area contributed by atoms with Crippen LogP contribution in [-0.2, 0) is 19.2 Å². The summed E-state index contributed by atoms with van der Waals surface area (Å²) in [5, 5.41) is 13.0. The van der Waals surface area contributed by atoms with Crippen molar-refractivity contribution in [3.63, 3.8) is 0 Å². The lowest BCUT2D eigenvalue weighted by molar-refractivity contribution is -0.138. The van der Waals surface area contributed by atoms with Crippen molar-refractivity contribution >= 4 is 22.8 Å². The summed E-state index contributed by atoms with van der Waals surface area (Å²) in [6.45, 7) is 0.201. The molecule has 6 nitrogen and oxygen atoms in total. The smallest absolute Gasteiger partial charge is 0.416 e. The van der Waals surface area contributed by atoms with Crippen molar-refractivity contribution in [1.29, 1.82) is 0 Å². The number of amides is 2. The Morgan fingerprint density at radius 3 is 2.55 bits per heavy atom. The summed E-state index contributed by atoms with van der Waals surface area (Å²) < 4.78 is 45.2. The number of urea groups is 1. The molecule has 170 valence electrons. The predicted molar refractivity (Wildman–Crippen MR) is 119 cm³/mol. The number of fused-ring (bicyclic) bond motifs is 1. The molecule has 0 radical (unpaired) electrons. The molecule has 0 fully saturated rings. The number of hydrogen-bond acceptors (Lipinski definition) is 3. The van der Waals surface area contributed by atoms with Gasteiger partial charge in [0.1, 0.15) is 12.4 Å². The van der Waals surface area contributed by atoms with Crippen molar-refractivity contribution in [1.82, 2.24) is 15.5 Å². The maximum Gasteiger partial charge on any atom is 0.416 e. The fraction of sp³-hybridized carbons (Fsp3) is 0.167.